The summed E-state index contributed by atoms with van der Waals surface area (Å²) in [5, 5.41) is 9.06. The number of carboxylic acids is 1. The maximum absolute atomic E-state index is 12.8. The first kappa shape index (κ1) is 16.8. The molecule has 1 unspecified atom stereocenters. The largest absolute Gasteiger partial charge is 0.490 e. The SMILES string of the molecule is O=C(O)C1CCN(C(=O)c2ccccc2OCC2CCCO2)CC1. The van der Waals surface area contributed by atoms with E-state index in [1.54, 1.807) is 17.0 Å². The average Bonchev–Trinajstić information content (AvgIpc) is 3.13. The molecule has 2 heterocycles. The quantitative estimate of drug-likeness (QED) is 0.894. The van der Waals surface area contributed by atoms with Gasteiger partial charge in [0.15, 0.2) is 0 Å². The number of aliphatic carboxylic acids is 1. The lowest BCUT2D eigenvalue weighted by molar-refractivity contribution is -0.143. The highest BCUT2D eigenvalue weighted by Crippen LogP contribution is 2.25. The molecule has 1 aromatic rings. The molecule has 6 nitrogen and oxygen atoms in total. The average molecular weight is 333 g/mol. The summed E-state index contributed by atoms with van der Waals surface area (Å²) in [5.74, 6) is -0.650. The molecule has 1 N–H and O–H groups in total. The summed E-state index contributed by atoms with van der Waals surface area (Å²) >= 11 is 0. The molecule has 0 aliphatic carbocycles. The lowest BCUT2D eigenvalue weighted by Crippen LogP contribution is -2.40. The molecule has 2 fully saturated rings. The number of para-hydroxylation sites is 1. The molecule has 0 bridgehead atoms. The van der Waals surface area contributed by atoms with Crippen molar-refractivity contribution in [3.8, 4) is 5.75 Å². The van der Waals surface area contributed by atoms with Crippen molar-refractivity contribution in [3.63, 3.8) is 0 Å². The summed E-state index contributed by atoms with van der Waals surface area (Å²) in [5.41, 5.74) is 0.532. The molecule has 3 rings (SSSR count). The first-order chi connectivity index (χ1) is 11.6. The number of carbonyl (C=O) groups excluding carboxylic acids is 1. The van der Waals surface area contributed by atoms with Crippen molar-refractivity contribution in [3.05, 3.63) is 29.8 Å². The van der Waals surface area contributed by atoms with Gasteiger partial charge in [0.2, 0.25) is 0 Å². The Morgan fingerprint density at radius 1 is 1.21 bits per heavy atom. The van der Waals surface area contributed by atoms with Crippen molar-refractivity contribution in [2.75, 3.05) is 26.3 Å². The van der Waals surface area contributed by atoms with Crippen LogP contribution in [0.2, 0.25) is 0 Å². The van der Waals surface area contributed by atoms with Crippen LogP contribution < -0.4 is 4.74 Å². The number of carbonyl (C=O) groups is 2. The van der Waals surface area contributed by atoms with Crippen LogP contribution in [0.3, 0.4) is 0 Å². The predicted octanol–water partition coefficient (Wildman–Crippen LogP) is 2.18. The van der Waals surface area contributed by atoms with Crippen molar-refractivity contribution in [1.29, 1.82) is 0 Å². The highest BCUT2D eigenvalue weighted by Gasteiger charge is 2.28. The second-order valence-corrected chi connectivity index (χ2v) is 6.35. The van der Waals surface area contributed by atoms with Crippen molar-refractivity contribution < 1.29 is 24.2 Å². The summed E-state index contributed by atoms with van der Waals surface area (Å²) in [6.07, 6.45) is 3.13. The van der Waals surface area contributed by atoms with Crippen LogP contribution in [-0.4, -0.2) is 54.3 Å². The zero-order valence-electron chi connectivity index (χ0n) is 13.6. The molecule has 2 aliphatic rings. The summed E-state index contributed by atoms with van der Waals surface area (Å²) in [6.45, 7) is 2.16. The normalized spacial score (nSPS) is 21.7. The van der Waals surface area contributed by atoms with E-state index in [9.17, 15) is 9.59 Å². The summed E-state index contributed by atoms with van der Waals surface area (Å²) in [4.78, 5) is 25.5. The maximum Gasteiger partial charge on any atom is 0.306 e. The van der Waals surface area contributed by atoms with Crippen LogP contribution in [0.5, 0.6) is 5.75 Å². The van der Waals surface area contributed by atoms with Gasteiger partial charge in [0.1, 0.15) is 12.4 Å². The molecule has 0 aromatic heterocycles. The van der Waals surface area contributed by atoms with E-state index in [0.717, 1.165) is 19.4 Å². The Morgan fingerprint density at radius 3 is 2.62 bits per heavy atom. The molecule has 2 aliphatic heterocycles. The molecule has 1 atom stereocenters. The molecule has 130 valence electrons. The zero-order chi connectivity index (χ0) is 16.9. The van der Waals surface area contributed by atoms with Gasteiger partial charge in [-0.05, 0) is 37.8 Å². The van der Waals surface area contributed by atoms with Gasteiger partial charge in [0.25, 0.3) is 5.91 Å². The van der Waals surface area contributed by atoms with Gasteiger partial charge in [-0.25, -0.2) is 0 Å². The molecule has 0 spiro atoms. The Hall–Kier alpha value is -2.08. The van der Waals surface area contributed by atoms with Crippen LogP contribution in [0, 0.1) is 5.92 Å². The Labute approximate surface area is 141 Å². The van der Waals surface area contributed by atoms with Gasteiger partial charge >= 0.3 is 5.97 Å². The second kappa shape index (κ2) is 7.66. The van der Waals surface area contributed by atoms with Crippen molar-refractivity contribution in [1.82, 2.24) is 4.90 Å². The highest BCUT2D eigenvalue weighted by molar-refractivity contribution is 5.97. The molecule has 2 saturated heterocycles. The third-order valence-electron chi connectivity index (χ3n) is 4.70. The number of piperidine rings is 1. The fourth-order valence-corrected chi connectivity index (χ4v) is 3.23. The number of amides is 1. The Bertz CT molecular complexity index is 589. The van der Waals surface area contributed by atoms with Gasteiger partial charge in [-0.1, -0.05) is 12.1 Å². The minimum Gasteiger partial charge on any atom is -0.490 e. The van der Waals surface area contributed by atoms with Crippen LogP contribution in [0.1, 0.15) is 36.0 Å². The van der Waals surface area contributed by atoms with E-state index in [4.69, 9.17) is 14.6 Å². The number of rotatable bonds is 5. The molecule has 1 amide bonds. The van der Waals surface area contributed by atoms with E-state index in [1.807, 2.05) is 12.1 Å². The minimum atomic E-state index is -0.776. The van der Waals surface area contributed by atoms with Gasteiger partial charge in [-0.15, -0.1) is 0 Å². The predicted molar refractivity (Wildman–Crippen MR) is 87.2 cm³/mol. The van der Waals surface area contributed by atoms with E-state index in [0.29, 0.717) is 43.9 Å². The standard InChI is InChI=1S/C18H23NO5/c20-17(19-9-7-13(8-10-19)18(21)22)15-5-1-2-6-16(15)24-12-14-4-3-11-23-14/h1-2,5-6,13-14H,3-4,7-12H2,(H,21,22). The van der Waals surface area contributed by atoms with Crippen LogP contribution >= 0.6 is 0 Å². The molecule has 6 heteroatoms. The summed E-state index contributed by atoms with van der Waals surface area (Å²) in [6, 6.07) is 7.22. The van der Waals surface area contributed by atoms with E-state index in [1.165, 1.54) is 0 Å². The third-order valence-corrected chi connectivity index (χ3v) is 4.70. The van der Waals surface area contributed by atoms with Crippen LogP contribution in [0.25, 0.3) is 0 Å². The van der Waals surface area contributed by atoms with Crippen LogP contribution in [0.15, 0.2) is 24.3 Å². The van der Waals surface area contributed by atoms with E-state index in [2.05, 4.69) is 0 Å². The molecular weight excluding hydrogens is 310 g/mol. The Balaban J connectivity index is 1.63. The van der Waals surface area contributed by atoms with Crippen LogP contribution in [-0.2, 0) is 9.53 Å². The number of likely N-dealkylation sites (tertiary alicyclic amines) is 1. The molecule has 24 heavy (non-hydrogen) atoms. The number of hydrogen-bond donors (Lipinski definition) is 1. The van der Waals surface area contributed by atoms with Crippen molar-refractivity contribution in [2.24, 2.45) is 5.92 Å². The van der Waals surface area contributed by atoms with E-state index in [-0.39, 0.29) is 17.9 Å². The van der Waals surface area contributed by atoms with Gasteiger partial charge in [0.05, 0.1) is 17.6 Å². The molecular formula is C18H23NO5. The first-order valence-corrected chi connectivity index (χ1v) is 8.50. The van der Waals surface area contributed by atoms with Gasteiger partial charge in [0, 0.05) is 19.7 Å². The summed E-state index contributed by atoms with van der Waals surface area (Å²) < 4.78 is 11.4. The van der Waals surface area contributed by atoms with Crippen molar-refractivity contribution in [2.45, 2.75) is 31.8 Å². The number of hydrogen-bond acceptors (Lipinski definition) is 4. The highest BCUT2D eigenvalue weighted by atomic mass is 16.5. The minimum absolute atomic E-state index is 0.0956. The van der Waals surface area contributed by atoms with Gasteiger partial charge < -0.3 is 19.5 Å². The Morgan fingerprint density at radius 2 is 1.96 bits per heavy atom. The van der Waals surface area contributed by atoms with Crippen LogP contribution in [0.4, 0.5) is 0 Å². The number of nitrogens with zero attached hydrogens (tertiary/aromatic N) is 1. The van der Waals surface area contributed by atoms with E-state index < -0.39 is 5.97 Å². The molecule has 0 radical (unpaired) electrons. The lowest BCUT2D eigenvalue weighted by atomic mass is 9.96. The monoisotopic (exact) mass is 333 g/mol. The third kappa shape index (κ3) is 3.87. The lowest BCUT2D eigenvalue weighted by Gasteiger charge is -2.30. The molecule has 1 aromatic carbocycles. The molecule has 0 saturated carbocycles. The fourth-order valence-electron chi connectivity index (χ4n) is 3.23. The maximum atomic E-state index is 12.8. The first-order valence-electron chi connectivity index (χ1n) is 8.50. The number of benzene rings is 1. The van der Waals surface area contributed by atoms with Crippen molar-refractivity contribution >= 4 is 11.9 Å². The Kier molecular flexibility index (Phi) is 5.35. The van der Waals surface area contributed by atoms with Gasteiger partial charge in [-0.2, -0.15) is 0 Å². The number of ether oxygens (including phenoxy) is 2. The van der Waals surface area contributed by atoms with E-state index >= 15 is 0 Å². The van der Waals surface area contributed by atoms with Gasteiger partial charge in [-0.3, -0.25) is 9.59 Å². The number of carboxylic acid groups (broad SMARTS) is 1. The smallest absolute Gasteiger partial charge is 0.306 e. The topological polar surface area (TPSA) is 76.1 Å². The fraction of sp³-hybridized carbons (Fsp3) is 0.556. The summed E-state index contributed by atoms with van der Waals surface area (Å²) in [7, 11) is 0. The zero-order valence-corrected chi connectivity index (χ0v) is 13.6. The second-order valence-electron chi connectivity index (χ2n) is 6.35.